The van der Waals surface area contributed by atoms with Crippen molar-refractivity contribution >= 4 is 0 Å². The van der Waals surface area contributed by atoms with Gasteiger partial charge in [-0.3, -0.25) is 4.90 Å². The van der Waals surface area contributed by atoms with Gasteiger partial charge in [-0.25, -0.2) is 0 Å². The lowest BCUT2D eigenvalue weighted by Gasteiger charge is -2.60. The maximum absolute atomic E-state index is 6.06. The number of morpholine rings is 1. The van der Waals surface area contributed by atoms with E-state index in [0.29, 0.717) is 24.1 Å². The van der Waals surface area contributed by atoms with E-state index in [0.717, 1.165) is 39.5 Å². The van der Waals surface area contributed by atoms with Gasteiger partial charge in [-0.05, 0) is 18.4 Å². The zero-order valence-corrected chi connectivity index (χ0v) is 15.6. The van der Waals surface area contributed by atoms with Crippen molar-refractivity contribution in [3.63, 3.8) is 0 Å². The van der Waals surface area contributed by atoms with Crippen molar-refractivity contribution in [3.05, 3.63) is 35.9 Å². The minimum atomic E-state index is 0.233. The van der Waals surface area contributed by atoms with Gasteiger partial charge in [0.25, 0.3) is 0 Å². The van der Waals surface area contributed by atoms with Crippen molar-refractivity contribution in [2.75, 3.05) is 39.5 Å². The Morgan fingerprint density at radius 1 is 1.16 bits per heavy atom. The fourth-order valence-corrected chi connectivity index (χ4v) is 5.20. The van der Waals surface area contributed by atoms with Crippen LogP contribution in [0.3, 0.4) is 0 Å². The Hall–Kier alpha value is -0.940. The van der Waals surface area contributed by atoms with Crippen LogP contribution in [-0.2, 0) is 9.47 Å². The van der Waals surface area contributed by atoms with Crippen molar-refractivity contribution in [1.29, 1.82) is 0 Å². The highest BCUT2D eigenvalue weighted by Crippen LogP contribution is 2.51. The number of nitrogens with one attached hydrogen (secondary N) is 1. The highest BCUT2D eigenvalue weighted by atomic mass is 16.5. The van der Waals surface area contributed by atoms with Gasteiger partial charge in [-0.1, -0.05) is 44.2 Å². The zero-order valence-electron chi connectivity index (χ0n) is 15.6. The molecule has 2 aliphatic heterocycles. The molecule has 4 heteroatoms. The van der Waals surface area contributed by atoms with Crippen molar-refractivity contribution < 1.29 is 9.47 Å². The lowest BCUT2D eigenvalue weighted by atomic mass is 9.55. The van der Waals surface area contributed by atoms with E-state index in [-0.39, 0.29) is 5.41 Å². The topological polar surface area (TPSA) is 33.7 Å². The van der Waals surface area contributed by atoms with Gasteiger partial charge in [0.1, 0.15) is 0 Å². The largest absolute Gasteiger partial charge is 0.379 e. The molecule has 2 saturated heterocycles. The second-order valence-corrected chi connectivity index (χ2v) is 8.38. The number of hydrogen-bond acceptors (Lipinski definition) is 4. The van der Waals surface area contributed by atoms with Crippen molar-refractivity contribution in [3.8, 4) is 0 Å². The molecule has 4 atom stereocenters. The quantitative estimate of drug-likeness (QED) is 0.891. The normalized spacial score (nSPS) is 33.3. The summed E-state index contributed by atoms with van der Waals surface area (Å²) in [6.45, 7) is 10.4. The van der Waals surface area contributed by atoms with Gasteiger partial charge in [0.2, 0.25) is 0 Å². The molecule has 0 radical (unpaired) electrons. The average Bonchev–Trinajstić information content (AvgIpc) is 2.66. The molecule has 2 heterocycles. The summed E-state index contributed by atoms with van der Waals surface area (Å²) in [5, 5.41) is 3.94. The Kier molecular flexibility index (Phi) is 5.14. The first-order valence-corrected chi connectivity index (χ1v) is 9.89. The van der Waals surface area contributed by atoms with Gasteiger partial charge < -0.3 is 14.8 Å². The minimum absolute atomic E-state index is 0.233. The van der Waals surface area contributed by atoms with E-state index in [2.05, 4.69) is 54.4 Å². The van der Waals surface area contributed by atoms with Gasteiger partial charge in [-0.2, -0.15) is 0 Å². The van der Waals surface area contributed by atoms with Crippen LogP contribution < -0.4 is 5.32 Å². The van der Waals surface area contributed by atoms with Crippen LogP contribution in [0.5, 0.6) is 0 Å². The van der Waals surface area contributed by atoms with Gasteiger partial charge in [0.05, 0.1) is 19.3 Å². The summed E-state index contributed by atoms with van der Waals surface area (Å²) in [6, 6.07) is 11.9. The third-order valence-electron chi connectivity index (χ3n) is 6.53. The lowest BCUT2D eigenvalue weighted by molar-refractivity contribution is -0.193. The van der Waals surface area contributed by atoms with Crippen LogP contribution in [-0.4, -0.2) is 56.5 Å². The van der Waals surface area contributed by atoms with E-state index in [1.165, 1.54) is 18.4 Å². The second kappa shape index (κ2) is 7.36. The van der Waals surface area contributed by atoms with Crippen molar-refractivity contribution in [1.82, 2.24) is 10.2 Å². The van der Waals surface area contributed by atoms with Crippen molar-refractivity contribution in [2.45, 2.75) is 44.9 Å². The predicted molar refractivity (Wildman–Crippen MR) is 99.6 cm³/mol. The molecule has 0 spiro atoms. The number of ether oxygens (including phenoxy) is 2. The van der Waals surface area contributed by atoms with E-state index >= 15 is 0 Å². The van der Waals surface area contributed by atoms with E-state index in [4.69, 9.17) is 9.47 Å². The molecule has 0 bridgehead atoms. The first kappa shape index (κ1) is 17.5. The molecule has 1 aromatic carbocycles. The van der Waals surface area contributed by atoms with Crippen LogP contribution in [0.25, 0.3) is 0 Å². The number of hydrogen-bond donors (Lipinski definition) is 1. The molecule has 0 unspecified atom stereocenters. The molecule has 1 aromatic rings. The number of fused-ring (bicyclic) bond motifs is 1. The molecule has 4 rings (SSSR count). The smallest absolute Gasteiger partial charge is 0.0684 e. The SMILES string of the molecule is CC1(C)[C@H](NC[C@H](c2ccccc2)N2CCOCC2)[C@@H]2CCCO[C@H]21. The van der Waals surface area contributed by atoms with Gasteiger partial charge >= 0.3 is 0 Å². The first-order valence-electron chi connectivity index (χ1n) is 9.89. The highest BCUT2D eigenvalue weighted by molar-refractivity contribution is 5.20. The Balaban J connectivity index is 1.45. The maximum atomic E-state index is 6.06. The summed E-state index contributed by atoms with van der Waals surface area (Å²) in [7, 11) is 0. The molecular weight excluding hydrogens is 312 g/mol. The third kappa shape index (κ3) is 3.37. The molecule has 0 aromatic heterocycles. The summed E-state index contributed by atoms with van der Waals surface area (Å²) in [4.78, 5) is 2.58. The van der Waals surface area contributed by atoms with Crippen LogP contribution in [0.2, 0.25) is 0 Å². The minimum Gasteiger partial charge on any atom is -0.379 e. The molecule has 4 nitrogen and oxygen atoms in total. The standard InChI is InChI=1S/C21H32N2O2/c1-21(2)19(17-9-6-12-25-20(17)21)22-15-18(16-7-4-3-5-8-16)23-10-13-24-14-11-23/h3-5,7-8,17-20,22H,6,9-15H2,1-2H3/t17-,18+,19+,20+/m0/s1. The molecule has 1 saturated carbocycles. The first-order chi connectivity index (χ1) is 12.2. The fourth-order valence-electron chi connectivity index (χ4n) is 5.20. The number of nitrogens with zero attached hydrogens (tertiary/aromatic N) is 1. The van der Waals surface area contributed by atoms with E-state index < -0.39 is 0 Å². The highest BCUT2D eigenvalue weighted by Gasteiger charge is 2.57. The Labute approximate surface area is 151 Å². The zero-order chi connectivity index (χ0) is 17.3. The summed E-state index contributed by atoms with van der Waals surface area (Å²) in [5.41, 5.74) is 1.64. The van der Waals surface area contributed by atoms with Crippen LogP contribution in [0.15, 0.2) is 30.3 Å². The van der Waals surface area contributed by atoms with Crippen LogP contribution in [0.4, 0.5) is 0 Å². The van der Waals surface area contributed by atoms with Crippen LogP contribution >= 0.6 is 0 Å². The molecule has 138 valence electrons. The molecule has 1 aliphatic carbocycles. The summed E-state index contributed by atoms with van der Waals surface area (Å²) in [6.07, 6.45) is 2.96. The molecule has 25 heavy (non-hydrogen) atoms. The monoisotopic (exact) mass is 344 g/mol. The average molecular weight is 344 g/mol. The summed E-state index contributed by atoms with van der Waals surface area (Å²) in [5.74, 6) is 0.685. The van der Waals surface area contributed by atoms with E-state index in [9.17, 15) is 0 Å². The second-order valence-electron chi connectivity index (χ2n) is 8.38. The molecule has 1 N–H and O–H groups in total. The Morgan fingerprint density at radius 2 is 1.92 bits per heavy atom. The molecule has 3 fully saturated rings. The van der Waals surface area contributed by atoms with Gasteiger partial charge in [-0.15, -0.1) is 0 Å². The van der Waals surface area contributed by atoms with Crippen LogP contribution in [0, 0.1) is 11.3 Å². The molecule has 3 aliphatic rings. The molecular formula is C21H32N2O2. The fraction of sp³-hybridized carbons (Fsp3) is 0.714. The summed E-state index contributed by atoms with van der Waals surface area (Å²) < 4.78 is 11.6. The predicted octanol–water partition coefficient (Wildman–Crippen LogP) is 2.85. The third-order valence-corrected chi connectivity index (χ3v) is 6.53. The van der Waals surface area contributed by atoms with E-state index in [1.54, 1.807) is 0 Å². The maximum Gasteiger partial charge on any atom is 0.0684 e. The Bertz CT molecular complexity index is 556. The van der Waals surface area contributed by atoms with Gasteiger partial charge in [0, 0.05) is 49.7 Å². The number of rotatable bonds is 5. The van der Waals surface area contributed by atoms with Gasteiger partial charge in [0.15, 0.2) is 0 Å². The van der Waals surface area contributed by atoms with E-state index in [1.807, 2.05) is 0 Å². The van der Waals surface area contributed by atoms with Crippen LogP contribution in [0.1, 0.15) is 38.3 Å². The molecule has 0 amide bonds. The Morgan fingerprint density at radius 3 is 2.68 bits per heavy atom. The van der Waals surface area contributed by atoms with Crippen molar-refractivity contribution in [2.24, 2.45) is 11.3 Å². The summed E-state index contributed by atoms with van der Waals surface area (Å²) >= 11 is 0. The number of benzene rings is 1. The lowest BCUT2D eigenvalue weighted by Crippen LogP contribution is -2.69.